The largest absolute Gasteiger partial charge is 0.493 e. The molecule has 3 rings (SSSR count). The third kappa shape index (κ3) is 5.82. The van der Waals surface area contributed by atoms with Crippen molar-refractivity contribution < 1.29 is 32.2 Å². The number of sulfonamides is 1. The van der Waals surface area contributed by atoms with E-state index in [9.17, 15) is 18.0 Å². The maximum Gasteiger partial charge on any atom is 0.340 e. The van der Waals surface area contributed by atoms with Gasteiger partial charge in [-0.3, -0.25) is 4.79 Å². The van der Waals surface area contributed by atoms with Crippen molar-refractivity contribution in [1.29, 1.82) is 0 Å². The molecule has 0 bridgehead atoms. The number of esters is 1. The summed E-state index contributed by atoms with van der Waals surface area (Å²) in [5.41, 5.74) is 1.20. The maximum atomic E-state index is 12.8. The Morgan fingerprint density at radius 2 is 1.55 bits per heavy atom. The van der Waals surface area contributed by atoms with Gasteiger partial charge in [0, 0.05) is 30.8 Å². The molecule has 2 aromatic rings. The SMILES string of the molecule is COC(=O)c1cc(OC)c(OC)cc1NC(=O)c1ccc(CS(=O)(=O)N2CCCCC2)cc1. The molecular formula is C23H28N2O7S. The van der Waals surface area contributed by atoms with E-state index < -0.39 is 21.9 Å². The smallest absolute Gasteiger partial charge is 0.340 e. The summed E-state index contributed by atoms with van der Waals surface area (Å²) in [6, 6.07) is 9.24. The summed E-state index contributed by atoms with van der Waals surface area (Å²) in [6.07, 6.45) is 2.80. The van der Waals surface area contributed by atoms with Crippen LogP contribution in [0.25, 0.3) is 0 Å². The second kappa shape index (κ2) is 10.7. The standard InChI is InChI=1S/C23H28N2O7S/c1-30-20-13-18(23(27)32-3)19(14-21(20)31-2)24-22(26)17-9-7-16(8-10-17)15-33(28,29)25-11-5-4-6-12-25/h7-10,13-14H,4-6,11-12,15H2,1-3H3,(H,24,26). The Hall–Kier alpha value is -3.11. The summed E-state index contributed by atoms with van der Waals surface area (Å²) in [5.74, 6) is -0.590. The van der Waals surface area contributed by atoms with Gasteiger partial charge in [0.05, 0.1) is 38.3 Å². The molecule has 33 heavy (non-hydrogen) atoms. The van der Waals surface area contributed by atoms with Gasteiger partial charge >= 0.3 is 5.97 Å². The Morgan fingerprint density at radius 1 is 0.939 bits per heavy atom. The first kappa shape index (κ1) is 24.5. The Labute approximate surface area is 193 Å². The number of anilines is 1. The molecule has 1 heterocycles. The molecule has 1 aliphatic heterocycles. The number of carbonyl (C=O) groups is 2. The van der Waals surface area contributed by atoms with Crippen LogP contribution in [0.15, 0.2) is 36.4 Å². The number of nitrogens with one attached hydrogen (secondary N) is 1. The lowest BCUT2D eigenvalue weighted by atomic mass is 10.1. The van der Waals surface area contributed by atoms with Gasteiger partial charge in [0.1, 0.15) is 0 Å². The van der Waals surface area contributed by atoms with E-state index in [4.69, 9.17) is 14.2 Å². The highest BCUT2D eigenvalue weighted by Crippen LogP contribution is 2.34. The third-order valence-electron chi connectivity index (χ3n) is 5.45. The van der Waals surface area contributed by atoms with Crippen LogP contribution in [0, 0.1) is 0 Å². The molecule has 178 valence electrons. The van der Waals surface area contributed by atoms with Gasteiger partial charge in [-0.1, -0.05) is 18.6 Å². The maximum absolute atomic E-state index is 12.8. The average molecular weight is 477 g/mol. The predicted molar refractivity (Wildman–Crippen MR) is 123 cm³/mol. The van der Waals surface area contributed by atoms with Gasteiger partial charge in [-0.05, 0) is 30.5 Å². The van der Waals surface area contributed by atoms with Crippen LogP contribution in [-0.2, 0) is 20.5 Å². The van der Waals surface area contributed by atoms with E-state index in [1.807, 2.05) is 0 Å². The van der Waals surface area contributed by atoms with Crippen LogP contribution in [0.1, 0.15) is 45.5 Å². The lowest BCUT2D eigenvalue weighted by Crippen LogP contribution is -2.36. The van der Waals surface area contributed by atoms with Crippen LogP contribution >= 0.6 is 0 Å². The molecule has 0 aromatic heterocycles. The Bertz CT molecular complexity index is 1110. The minimum atomic E-state index is -3.39. The summed E-state index contributed by atoms with van der Waals surface area (Å²) >= 11 is 0. The minimum absolute atomic E-state index is 0.104. The second-order valence-electron chi connectivity index (χ2n) is 7.61. The molecule has 2 aromatic carbocycles. The first-order chi connectivity index (χ1) is 15.8. The molecule has 0 aliphatic carbocycles. The number of amides is 1. The first-order valence-electron chi connectivity index (χ1n) is 10.5. The first-order valence-corrected chi connectivity index (χ1v) is 12.1. The average Bonchev–Trinajstić information content (AvgIpc) is 2.84. The molecule has 1 fully saturated rings. The van der Waals surface area contributed by atoms with Crippen LogP contribution in [0.4, 0.5) is 5.69 Å². The number of piperidine rings is 1. The highest BCUT2D eigenvalue weighted by Gasteiger charge is 2.24. The summed E-state index contributed by atoms with van der Waals surface area (Å²) in [6.45, 7) is 1.10. The molecule has 1 saturated heterocycles. The number of hydrogen-bond donors (Lipinski definition) is 1. The molecule has 10 heteroatoms. The van der Waals surface area contributed by atoms with Gasteiger partial charge < -0.3 is 19.5 Å². The molecule has 0 atom stereocenters. The summed E-state index contributed by atoms with van der Waals surface area (Å²) in [5, 5.41) is 2.69. The lowest BCUT2D eigenvalue weighted by molar-refractivity contribution is 0.0601. The number of rotatable bonds is 8. The molecule has 1 amide bonds. The number of ether oxygens (including phenoxy) is 3. The van der Waals surface area contributed by atoms with E-state index in [1.54, 1.807) is 24.3 Å². The number of carbonyl (C=O) groups excluding carboxylic acids is 2. The predicted octanol–water partition coefficient (Wildman–Crippen LogP) is 3.06. The van der Waals surface area contributed by atoms with Gasteiger partial charge in [0.2, 0.25) is 10.0 Å². The van der Waals surface area contributed by atoms with E-state index in [2.05, 4.69) is 5.32 Å². The fraction of sp³-hybridized carbons (Fsp3) is 0.391. The number of methoxy groups -OCH3 is 3. The van der Waals surface area contributed by atoms with Crippen molar-refractivity contribution in [2.45, 2.75) is 25.0 Å². The second-order valence-corrected chi connectivity index (χ2v) is 9.58. The molecule has 1 N–H and O–H groups in total. The molecule has 1 aliphatic rings. The fourth-order valence-electron chi connectivity index (χ4n) is 3.65. The van der Waals surface area contributed by atoms with Gasteiger partial charge in [-0.2, -0.15) is 0 Å². The van der Waals surface area contributed by atoms with Crippen LogP contribution in [-0.4, -0.2) is 59.0 Å². The highest BCUT2D eigenvalue weighted by atomic mass is 32.2. The Balaban J connectivity index is 1.77. The zero-order valence-corrected chi connectivity index (χ0v) is 19.7. The molecule has 0 unspecified atom stereocenters. The van der Waals surface area contributed by atoms with Crippen molar-refractivity contribution in [3.05, 3.63) is 53.1 Å². The summed E-state index contributed by atoms with van der Waals surface area (Å²) in [4.78, 5) is 25.0. The van der Waals surface area contributed by atoms with Crippen molar-refractivity contribution in [3.63, 3.8) is 0 Å². The van der Waals surface area contributed by atoms with Gasteiger partial charge in [0.15, 0.2) is 11.5 Å². The van der Waals surface area contributed by atoms with Gasteiger partial charge in [-0.25, -0.2) is 17.5 Å². The van der Waals surface area contributed by atoms with E-state index in [1.165, 1.54) is 37.8 Å². The molecule has 9 nitrogen and oxygen atoms in total. The summed E-state index contributed by atoms with van der Waals surface area (Å²) < 4.78 is 42.1. The van der Waals surface area contributed by atoms with Gasteiger partial charge in [0.25, 0.3) is 5.91 Å². The highest BCUT2D eigenvalue weighted by molar-refractivity contribution is 7.88. The fourth-order valence-corrected chi connectivity index (χ4v) is 5.26. The number of hydrogen-bond acceptors (Lipinski definition) is 7. The lowest BCUT2D eigenvalue weighted by Gasteiger charge is -2.25. The summed E-state index contributed by atoms with van der Waals surface area (Å²) in [7, 11) is 0.720. The van der Waals surface area contributed by atoms with Crippen LogP contribution < -0.4 is 14.8 Å². The van der Waals surface area contributed by atoms with Crippen molar-refractivity contribution in [1.82, 2.24) is 4.31 Å². The Morgan fingerprint density at radius 3 is 2.12 bits per heavy atom. The van der Waals surface area contributed by atoms with E-state index >= 15 is 0 Å². The topological polar surface area (TPSA) is 111 Å². The van der Waals surface area contributed by atoms with Gasteiger partial charge in [-0.15, -0.1) is 0 Å². The Kier molecular flexibility index (Phi) is 7.93. The van der Waals surface area contributed by atoms with Crippen molar-refractivity contribution in [3.8, 4) is 11.5 Å². The molecular weight excluding hydrogens is 448 g/mol. The van der Waals surface area contributed by atoms with Crippen LogP contribution in [0.3, 0.4) is 0 Å². The van der Waals surface area contributed by atoms with E-state index in [-0.39, 0.29) is 17.0 Å². The minimum Gasteiger partial charge on any atom is -0.493 e. The number of benzene rings is 2. The zero-order chi connectivity index (χ0) is 24.0. The van der Waals surface area contributed by atoms with Crippen molar-refractivity contribution >= 4 is 27.6 Å². The monoisotopic (exact) mass is 476 g/mol. The normalized spacial score (nSPS) is 14.4. The quantitative estimate of drug-likeness (QED) is 0.583. The zero-order valence-electron chi connectivity index (χ0n) is 18.9. The molecule has 0 spiro atoms. The third-order valence-corrected chi connectivity index (χ3v) is 7.30. The van der Waals surface area contributed by atoms with Crippen LogP contribution in [0.2, 0.25) is 0 Å². The van der Waals surface area contributed by atoms with E-state index in [0.717, 1.165) is 19.3 Å². The van der Waals surface area contributed by atoms with Crippen LogP contribution in [0.5, 0.6) is 11.5 Å². The molecule has 0 saturated carbocycles. The van der Waals surface area contributed by atoms with E-state index in [0.29, 0.717) is 35.7 Å². The molecule has 0 radical (unpaired) electrons. The van der Waals surface area contributed by atoms with Crippen molar-refractivity contribution in [2.24, 2.45) is 0 Å². The number of nitrogens with zero attached hydrogens (tertiary/aromatic N) is 1. The van der Waals surface area contributed by atoms with Crippen molar-refractivity contribution in [2.75, 3.05) is 39.7 Å².